The molecule has 2 nitrogen and oxygen atoms in total. The maximum atomic E-state index is 9.11. The number of halogens is 1. The first kappa shape index (κ1) is 14.5. The van der Waals surface area contributed by atoms with Gasteiger partial charge >= 0.3 is 7.12 Å². The summed E-state index contributed by atoms with van der Waals surface area (Å²) in [7, 11) is -1.40. The van der Waals surface area contributed by atoms with Gasteiger partial charge in [-0.15, -0.1) is 0 Å². The first-order chi connectivity index (χ1) is 9.15. The highest BCUT2D eigenvalue weighted by molar-refractivity contribution is 7.97. The van der Waals surface area contributed by atoms with Crippen LogP contribution >= 0.6 is 23.4 Å². The molecule has 5 heteroatoms. The number of benzene rings is 2. The summed E-state index contributed by atoms with van der Waals surface area (Å²) >= 11 is 7.61. The van der Waals surface area contributed by atoms with Gasteiger partial charge in [0.2, 0.25) is 0 Å². The van der Waals surface area contributed by atoms with Crippen LogP contribution in [0.3, 0.4) is 0 Å². The SMILES string of the molecule is OB(O)c1cccc(CSCc2ccc(Cl)cc2)c1. The van der Waals surface area contributed by atoms with E-state index in [0.29, 0.717) is 5.46 Å². The monoisotopic (exact) mass is 292 g/mol. The Morgan fingerprint density at radius 3 is 2.32 bits per heavy atom. The van der Waals surface area contributed by atoms with E-state index in [1.165, 1.54) is 5.56 Å². The lowest BCUT2D eigenvalue weighted by molar-refractivity contribution is 0.425. The summed E-state index contributed by atoms with van der Waals surface area (Å²) in [5.41, 5.74) is 2.85. The normalized spacial score (nSPS) is 10.5. The van der Waals surface area contributed by atoms with Gasteiger partial charge in [-0.05, 0) is 28.7 Å². The van der Waals surface area contributed by atoms with Crippen molar-refractivity contribution in [3.05, 3.63) is 64.7 Å². The molecule has 19 heavy (non-hydrogen) atoms. The van der Waals surface area contributed by atoms with Crippen LogP contribution < -0.4 is 5.46 Å². The van der Waals surface area contributed by atoms with Crippen LogP contribution in [-0.4, -0.2) is 17.2 Å². The van der Waals surface area contributed by atoms with Gasteiger partial charge in [-0.2, -0.15) is 11.8 Å². The predicted octanol–water partition coefficient (Wildman–Crippen LogP) is 2.45. The molecule has 0 atom stereocenters. The highest BCUT2D eigenvalue weighted by Gasteiger charge is 2.10. The summed E-state index contributed by atoms with van der Waals surface area (Å²) < 4.78 is 0. The summed E-state index contributed by atoms with van der Waals surface area (Å²) in [4.78, 5) is 0. The van der Waals surface area contributed by atoms with E-state index < -0.39 is 7.12 Å². The van der Waals surface area contributed by atoms with Gasteiger partial charge in [0.1, 0.15) is 0 Å². The highest BCUT2D eigenvalue weighted by atomic mass is 35.5. The second kappa shape index (κ2) is 7.01. The van der Waals surface area contributed by atoms with Gasteiger partial charge in [-0.3, -0.25) is 0 Å². The molecule has 0 radical (unpaired) electrons. The molecular formula is C14H14BClO2S. The molecule has 2 N–H and O–H groups in total. The third-order valence-corrected chi connectivity index (χ3v) is 4.03. The third kappa shape index (κ3) is 4.58. The zero-order valence-corrected chi connectivity index (χ0v) is 11.9. The summed E-state index contributed by atoms with van der Waals surface area (Å²) in [6.07, 6.45) is 0. The number of rotatable bonds is 5. The molecule has 0 aromatic heterocycles. The smallest absolute Gasteiger partial charge is 0.423 e. The molecule has 0 bridgehead atoms. The van der Waals surface area contributed by atoms with Crippen LogP contribution in [0.1, 0.15) is 11.1 Å². The summed E-state index contributed by atoms with van der Waals surface area (Å²) in [6.45, 7) is 0. The van der Waals surface area contributed by atoms with Crippen molar-refractivity contribution in [1.82, 2.24) is 0 Å². The van der Waals surface area contributed by atoms with Crippen LogP contribution in [-0.2, 0) is 11.5 Å². The molecule has 98 valence electrons. The predicted molar refractivity (Wildman–Crippen MR) is 82.7 cm³/mol. The molecule has 0 spiro atoms. The molecule has 2 aromatic rings. The summed E-state index contributed by atoms with van der Waals surface area (Å²) in [5.74, 6) is 1.74. The lowest BCUT2D eigenvalue weighted by Gasteiger charge is -2.05. The Morgan fingerprint density at radius 1 is 0.947 bits per heavy atom. The van der Waals surface area contributed by atoms with E-state index in [-0.39, 0.29) is 0 Å². The summed E-state index contributed by atoms with van der Waals surface area (Å²) in [6, 6.07) is 15.2. The van der Waals surface area contributed by atoms with E-state index in [0.717, 1.165) is 22.1 Å². The average molecular weight is 293 g/mol. The maximum Gasteiger partial charge on any atom is 0.488 e. The minimum Gasteiger partial charge on any atom is -0.423 e. The molecule has 0 heterocycles. The third-order valence-electron chi connectivity index (χ3n) is 2.70. The van der Waals surface area contributed by atoms with Gasteiger partial charge in [0.05, 0.1) is 0 Å². The second-order valence-electron chi connectivity index (χ2n) is 4.24. The van der Waals surface area contributed by atoms with Crippen LogP contribution in [0.5, 0.6) is 0 Å². The first-order valence-electron chi connectivity index (χ1n) is 5.92. The van der Waals surface area contributed by atoms with Crippen molar-refractivity contribution in [2.45, 2.75) is 11.5 Å². The van der Waals surface area contributed by atoms with Gasteiger partial charge in [0, 0.05) is 16.5 Å². The quantitative estimate of drug-likeness (QED) is 0.832. The van der Waals surface area contributed by atoms with Crippen LogP contribution in [0.4, 0.5) is 0 Å². The molecule has 2 aromatic carbocycles. The molecule has 0 aliphatic rings. The molecule has 0 saturated heterocycles. The standard InChI is InChI=1S/C14H14BClO2S/c16-14-6-4-11(5-7-14)9-19-10-12-2-1-3-13(8-12)15(17)18/h1-8,17-18H,9-10H2. The van der Waals surface area contributed by atoms with Gasteiger partial charge in [0.25, 0.3) is 0 Å². The van der Waals surface area contributed by atoms with Crippen molar-refractivity contribution in [1.29, 1.82) is 0 Å². The maximum absolute atomic E-state index is 9.11. The van der Waals surface area contributed by atoms with Crippen molar-refractivity contribution in [3.8, 4) is 0 Å². The Bertz CT molecular complexity index is 531. The van der Waals surface area contributed by atoms with Crippen molar-refractivity contribution in [3.63, 3.8) is 0 Å². The fourth-order valence-electron chi connectivity index (χ4n) is 1.71. The number of hydrogen-bond acceptors (Lipinski definition) is 3. The molecule has 2 rings (SSSR count). The van der Waals surface area contributed by atoms with Gasteiger partial charge in [-0.1, -0.05) is 48.0 Å². The van der Waals surface area contributed by atoms with Gasteiger partial charge < -0.3 is 10.0 Å². The van der Waals surface area contributed by atoms with E-state index in [1.54, 1.807) is 17.8 Å². The Hall–Kier alpha value is -0.935. The largest absolute Gasteiger partial charge is 0.488 e. The van der Waals surface area contributed by atoms with Crippen molar-refractivity contribution < 1.29 is 10.0 Å². The minimum absolute atomic E-state index is 0.532. The van der Waals surface area contributed by atoms with Gasteiger partial charge in [-0.25, -0.2) is 0 Å². The van der Waals surface area contributed by atoms with Crippen molar-refractivity contribution in [2.24, 2.45) is 0 Å². The molecule has 0 unspecified atom stereocenters. The molecule has 0 fully saturated rings. The molecule has 0 saturated carbocycles. The Morgan fingerprint density at radius 2 is 1.63 bits per heavy atom. The minimum atomic E-state index is -1.40. The average Bonchev–Trinajstić information content (AvgIpc) is 2.41. The van der Waals surface area contributed by atoms with E-state index in [4.69, 9.17) is 21.6 Å². The lowest BCUT2D eigenvalue weighted by Crippen LogP contribution is -2.29. The number of thioether (sulfide) groups is 1. The van der Waals surface area contributed by atoms with E-state index in [9.17, 15) is 0 Å². The molecule has 0 aliphatic heterocycles. The molecular weight excluding hydrogens is 278 g/mol. The Labute approximate surface area is 122 Å². The number of hydrogen-bond donors (Lipinski definition) is 2. The van der Waals surface area contributed by atoms with Crippen LogP contribution in [0.25, 0.3) is 0 Å². The Kier molecular flexibility index (Phi) is 5.34. The lowest BCUT2D eigenvalue weighted by atomic mass is 9.80. The van der Waals surface area contributed by atoms with Gasteiger partial charge in [0.15, 0.2) is 0 Å². The van der Waals surface area contributed by atoms with Crippen molar-refractivity contribution in [2.75, 3.05) is 0 Å². The van der Waals surface area contributed by atoms with Crippen molar-refractivity contribution >= 4 is 35.9 Å². The van der Waals surface area contributed by atoms with E-state index in [2.05, 4.69) is 0 Å². The fourth-order valence-corrected chi connectivity index (χ4v) is 2.78. The first-order valence-corrected chi connectivity index (χ1v) is 7.45. The fraction of sp³-hybridized carbons (Fsp3) is 0.143. The zero-order chi connectivity index (χ0) is 13.7. The topological polar surface area (TPSA) is 40.5 Å². The molecule has 0 aliphatic carbocycles. The summed E-state index contributed by atoms with van der Waals surface area (Å²) in [5, 5.41) is 19.0. The van der Waals surface area contributed by atoms with Crippen LogP contribution in [0.2, 0.25) is 5.02 Å². The molecule has 0 amide bonds. The van der Waals surface area contributed by atoms with E-state index in [1.807, 2.05) is 42.5 Å². The highest BCUT2D eigenvalue weighted by Crippen LogP contribution is 2.18. The Balaban J connectivity index is 1.88. The van der Waals surface area contributed by atoms with Crippen LogP contribution in [0, 0.1) is 0 Å². The second-order valence-corrected chi connectivity index (χ2v) is 5.66. The van der Waals surface area contributed by atoms with Crippen LogP contribution in [0.15, 0.2) is 48.5 Å². The van der Waals surface area contributed by atoms with E-state index >= 15 is 0 Å². The zero-order valence-electron chi connectivity index (χ0n) is 10.3.